The van der Waals surface area contributed by atoms with Gasteiger partial charge in [-0.25, -0.2) is 0 Å². The molecule has 0 bridgehead atoms. The molecule has 0 saturated carbocycles. The van der Waals surface area contributed by atoms with Crippen LogP contribution in [0.3, 0.4) is 0 Å². The standard InChI is InChI=1S/C23H36O11/c1-10(24)26-11(13-15-17(19(25-8)28-13)32-22(4,5)30-15)9-12-14-16(31-21(2,3)29-14)18-20(27-12)34-23(6,7)33-18/h11-20H,9H2,1-8H3/t11-,12+,13+,14-,15+,16-,17+,18+,19+,20+/m0/s1. The maximum Gasteiger partial charge on any atom is 0.302 e. The Bertz CT molecular complexity index is 798. The molecule has 0 spiro atoms. The van der Waals surface area contributed by atoms with Crippen molar-refractivity contribution < 1.29 is 52.2 Å². The van der Waals surface area contributed by atoms with Crippen LogP contribution in [0.2, 0.25) is 0 Å². The molecule has 5 fully saturated rings. The van der Waals surface area contributed by atoms with E-state index in [1.807, 2.05) is 41.5 Å². The lowest BCUT2D eigenvalue weighted by molar-refractivity contribution is -0.254. The van der Waals surface area contributed by atoms with Gasteiger partial charge in [0, 0.05) is 20.5 Å². The molecule has 0 aromatic carbocycles. The highest BCUT2D eigenvalue weighted by Crippen LogP contribution is 2.46. The molecule has 34 heavy (non-hydrogen) atoms. The molecule has 5 aliphatic rings. The van der Waals surface area contributed by atoms with E-state index >= 15 is 0 Å². The van der Waals surface area contributed by atoms with Gasteiger partial charge >= 0.3 is 5.97 Å². The van der Waals surface area contributed by atoms with Crippen LogP contribution in [0.25, 0.3) is 0 Å². The van der Waals surface area contributed by atoms with Gasteiger partial charge in [0.2, 0.25) is 0 Å². The first-order chi connectivity index (χ1) is 15.8. The van der Waals surface area contributed by atoms with Crippen LogP contribution in [0.4, 0.5) is 0 Å². The van der Waals surface area contributed by atoms with Crippen LogP contribution in [0.5, 0.6) is 0 Å². The first-order valence-corrected chi connectivity index (χ1v) is 11.9. The van der Waals surface area contributed by atoms with Crippen LogP contribution >= 0.6 is 0 Å². The van der Waals surface area contributed by atoms with Gasteiger partial charge in [0.1, 0.15) is 42.7 Å². The lowest BCUT2D eigenvalue weighted by atomic mass is 9.92. The Labute approximate surface area is 199 Å². The van der Waals surface area contributed by atoms with Crippen LogP contribution in [-0.4, -0.2) is 91.9 Å². The largest absolute Gasteiger partial charge is 0.460 e. The molecule has 0 aromatic rings. The Morgan fingerprint density at radius 2 is 1.32 bits per heavy atom. The third kappa shape index (κ3) is 4.51. The second-order valence-corrected chi connectivity index (χ2v) is 10.9. The van der Waals surface area contributed by atoms with E-state index in [-0.39, 0.29) is 6.42 Å². The van der Waals surface area contributed by atoms with E-state index in [2.05, 4.69) is 0 Å². The number of methoxy groups -OCH3 is 1. The fourth-order valence-electron chi connectivity index (χ4n) is 5.66. The molecular weight excluding hydrogens is 452 g/mol. The zero-order valence-corrected chi connectivity index (χ0v) is 21.0. The Hall–Kier alpha value is -0.890. The van der Waals surface area contributed by atoms with E-state index in [1.165, 1.54) is 6.92 Å². The number of hydrogen-bond donors (Lipinski definition) is 0. The molecule has 0 radical (unpaired) electrons. The SMILES string of the molecule is CO[C@@H]1O[C@H]([C@H](C[C@H]2O[C@@H]3OC(C)(C)O[C@@H]3[C@H]3OC(C)(C)O[C@H]32)OC(C)=O)[C@H]2OC(C)(C)O[C@@H]12. The van der Waals surface area contributed by atoms with Crippen molar-refractivity contribution in [2.45, 2.75) is 134 Å². The van der Waals surface area contributed by atoms with Gasteiger partial charge in [0.05, 0.1) is 6.10 Å². The topological polar surface area (TPSA) is 109 Å². The van der Waals surface area contributed by atoms with Crippen molar-refractivity contribution in [1.82, 2.24) is 0 Å². The highest BCUT2D eigenvalue weighted by atomic mass is 16.9. The first-order valence-electron chi connectivity index (χ1n) is 11.9. The predicted octanol–water partition coefficient (Wildman–Crippen LogP) is 1.60. The molecular formula is C23H36O11. The smallest absolute Gasteiger partial charge is 0.302 e. The van der Waals surface area contributed by atoms with Crippen LogP contribution in [0.15, 0.2) is 0 Å². The van der Waals surface area contributed by atoms with Crippen LogP contribution in [-0.2, 0) is 52.2 Å². The van der Waals surface area contributed by atoms with Gasteiger partial charge in [-0.05, 0) is 41.5 Å². The Morgan fingerprint density at radius 1 is 0.765 bits per heavy atom. The average molecular weight is 489 g/mol. The van der Waals surface area contributed by atoms with Gasteiger partial charge in [-0.15, -0.1) is 0 Å². The highest BCUT2D eigenvalue weighted by molar-refractivity contribution is 5.66. The van der Waals surface area contributed by atoms with Crippen molar-refractivity contribution in [2.24, 2.45) is 0 Å². The second kappa shape index (κ2) is 8.32. The van der Waals surface area contributed by atoms with E-state index in [4.69, 9.17) is 47.4 Å². The highest BCUT2D eigenvalue weighted by Gasteiger charge is 2.63. The number of fused-ring (bicyclic) bond motifs is 4. The van der Waals surface area contributed by atoms with Crippen LogP contribution in [0.1, 0.15) is 54.9 Å². The maximum atomic E-state index is 12.1. The molecule has 0 aliphatic carbocycles. The first kappa shape index (κ1) is 24.8. The number of carbonyl (C=O) groups is 1. The summed E-state index contributed by atoms with van der Waals surface area (Å²) in [7, 11) is 1.54. The molecule has 11 nitrogen and oxygen atoms in total. The maximum absolute atomic E-state index is 12.1. The number of rotatable bonds is 5. The predicted molar refractivity (Wildman–Crippen MR) is 112 cm³/mol. The molecule has 0 aromatic heterocycles. The van der Waals surface area contributed by atoms with Crippen molar-refractivity contribution in [3.63, 3.8) is 0 Å². The molecule has 0 N–H and O–H groups in total. The summed E-state index contributed by atoms with van der Waals surface area (Å²) in [6.45, 7) is 12.4. The Kier molecular flexibility index (Phi) is 6.07. The molecule has 10 atom stereocenters. The zero-order valence-electron chi connectivity index (χ0n) is 21.0. The Morgan fingerprint density at radius 3 is 1.97 bits per heavy atom. The van der Waals surface area contributed by atoms with Gasteiger partial charge in [-0.3, -0.25) is 4.79 Å². The molecule has 0 unspecified atom stereocenters. The minimum Gasteiger partial charge on any atom is -0.460 e. The fourth-order valence-corrected chi connectivity index (χ4v) is 5.66. The number of carbonyl (C=O) groups excluding carboxylic acids is 1. The molecule has 5 heterocycles. The summed E-state index contributed by atoms with van der Waals surface area (Å²) < 4.78 is 60.3. The third-order valence-corrected chi connectivity index (χ3v) is 6.68. The van der Waals surface area contributed by atoms with Crippen molar-refractivity contribution in [2.75, 3.05) is 7.11 Å². The summed E-state index contributed by atoms with van der Waals surface area (Å²) in [6.07, 6.45) is -5.16. The summed E-state index contributed by atoms with van der Waals surface area (Å²) in [4.78, 5) is 12.1. The average Bonchev–Trinajstić information content (AvgIpc) is 3.37. The minimum atomic E-state index is -0.832. The van der Waals surface area contributed by atoms with Gasteiger partial charge in [0.15, 0.2) is 29.9 Å². The van der Waals surface area contributed by atoms with Crippen molar-refractivity contribution in [1.29, 1.82) is 0 Å². The fraction of sp³-hybridized carbons (Fsp3) is 0.957. The Balaban J connectivity index is 1.40. The van der Waals surface area contributed by atoms with E-state index in [0.717, 1.165) is 0 Å². The summed E-state index contributed by atoms with van der Waals surface area (Å²) in [5.74, 6) is -2.92. The number of hydrogen-bond acceptors (Lipinski definition) is 11. The van der Waals surface area contributed by atoms with Crippen molar-refractivity contribution >= 4 is 5.97 Å². The lowest BCUT2D eigenvalue weighted by Crippen LogP contribution is -2.56. The van der Waals surface area contributed by atoms with Gasteiger partial charge in [-0.2, -0.15) is 0 Å². The number of esters is 1. The second-order valence-electron chi connectivity index (χ2n) is 10.9. The molecule has 5 aliphatic heterocycles. The molecule has 194 valence electrons. The quantitative estimate of drug-likeness (QED) is 0.526. The van der Waals surface area contributed by atoms with Crippen LogP contribution < -0.4 is 0 Å². The van der Waals surface area contributed by atoms with Crippen molar-refractivity contribution in [3.8, 4) is 0 Å². The molecule has 11 heteroatoms. The summed E-state index contributed by atoms with van der Waals surface area (Å²) in [6, 6.07) is 0. The molecule has 5 saturated heterocycles. The van der Waals surface area contributed by atoms with Gasteiger partial charge < -0.3 is 47.4 Å². The van der Waals surface area contributed by atoms with Crippen molar-refractivity contribution in [3.05, 3.63) is 0 Å². The summed E-state index contributed by atoms with van der Waals surface area (Å²) >= 11 is 0. The van der Waals surface area contributed by atoms with Gasteiger partial charge in [-0.1, -0.05) is 0 Å². The van der Waals surface area contributed by atoms with E-state index in [9.17, 15) is 4.79 Å². The van der Waals surface area contributed by atoms with E-state index < -0.39 is 84.7 Å². The van der Waals surface area contributed by atoms with Crippen LogP contribution in [0, 0.1) is 0 Å². The normalized spacial score (nSPS) is 46.5. The lowest BCUT2D eigenvalue weighted by Gasteiger charge is -2.39. The number of ether oxygens (including phenoxy) is 10. The summed E-state index contributed by atoms with van der Waals surface area (Å²) in [5.41, 5.74) is 0. The van der Waals surface area contributed by atoms with E-state index in [1.54, 1.807) is 7.11 Å². The minimum absolute atomic E-state index is 0.265. The molecule has 5 rings (SSSR count). The monoisotopic (exact) mass is 488 g/mol. The summed E-state index contributed by atoms with van der Waals surface area (Å²) in [5, 5.41) is 0. The third-order valence-electron chi connectivity index (χ3n) is 6.68. The molecule has 0 amide bonds. The van der Waals surface area contributed by atoms with Gasteiger partial charge in [0.25, 0.3) is 0 Å². The van der Waals surface area contributed by atoms with E-state index in [0.29, 0.717) is 0 Å². The zero-order chi connectivity index (χ0) is 24.6.